The van der Waals surface area contributed by atoms with Crippen LogP contribution in [0.2, 0.25) is 0 Å². The summed E-state index contributed by atoms with van der Waals surface area (Å²) >= 11 is 0. The lowest BCUT2D eigenvalue weighted by atomic mass is 10.00. The molecule has 0 aromatic heterocycles. The first kappa shape index (κ1) is 19.5. The number of nitrogens with one attached hydrogen (secondary N) is 1. The fourth-order valence-corrected chi connectivity index (χ4v) is 3.11. The molecular formula is C19H31N3O3. The Kier molecular flexibility index (Phi) is 7.52. The molecule has 1 aliphatic rings. The van der Waals surface area contributed by atoms with Gasteiger partial charge in [-0.1, -0.05) is 12.5 Å². The normalized spacial score (nSPS) is 19.9. The molecule has 0 bridgehead atoms. The maximum atomic E-state index is 12.1. The lowest BCUT2D eigenvalue weighted by Gasteiger charge is -2.16. The quantitative estimate of drug-likeness (QED) is 0.710. The van der Waals surface area contributed by atoms with E-state index in [0.29, 0.717) is 31.2 Å². The van der Waals surface area contributed by atoms with Gasteiger partial charge in [-0.15, -0.1) is 0 Å². The van der Waals surface area contributed by atoms with Gasteiger partial charge in [0, 0.05) is 25.6 Å². The number of nitrogens with two attached hydrogens (primary N) is 1. The smallest absolute Gasteiger partial charge is 0.220 e. The van der Waals surface area contributed by atoms with Crippen molar-refractivity contribution in [3.63, 3.8) is 0 Å². The number of likely N-dealkylation sites (N-methyl/N-ethyl adjacent to an activating group) is 1. The standard InChI is InChI=1S/C19H31N3O3/c1-22(2)9-10-25-17-8-7-14(11-18(17)24-3)13-21-19(23)12-15-5-4-6-16(15)20/h7-8,11,15-16H,4-6,9-10,12-13,20H2,1-3H3,(H,21,23)/t15-,16+/m0/s1. The second-order valence-corrected chi connectivity index (χ2v) is 6.97. The highest BCUT2D eigenvalue weighted by atomic mass is 16.5. The van der Waals surface area contributed by atoms with Crippen LogP contribution in [0.5, 0.6) is 11.5 Å². The largest absolute Gasteiger partial charge is 0.493 e. The Bertz CT molecular complexity index is 563. The van der Waals surface area contributed by atoms with Gasteiger partial charge in [0.05, 0.1) is 7.11 Å². The number of benzene rings is 1. The first-order chi connectivity index (χ1) is 12.0. The Morgan fingerprint density at radius 2 is 2.12 bits per heavy atom. The third-order valence-electron chi connectivity index (χ3n) is 4.68. The highest BCUT2D eigenvalue weighted by Gasteiger charge is 2.25. The molecule has 2 rings (SSSR count). The molecule has 0 saturated heterocycles. The van der Waals surface area contributed by atoms with E-state index in [4.69, 9.17) is 15.2 Å². The summed E-state index contributed by atoms with van der Waals surface area (Å²) in [6, 6.07) is 5.93. The molecule has 0 unspecified atom stereocenters. The van der Waals surface area contributed by atoms with Crippen LogP contribution in [-0.2, 0) is 11.3 Å². The van der Waals surface area contributed by atoms with E-state index in [0.717, 1.165) is 37.1 Å². The van der Waals surface area contributed by atoms with Gasteiger partial charge in [-0.3, -0.25) is 4.79 Å². The molecule has 0 heterocycles. The molecule has 6 nitrogen and oxygen atoms in total. The molecule has 1 aromatic carbocycles. The molecule has 1 aromatic rings. The van der Waals surface area contributed by atoms with Crippen LogP contribution in [0.3, 0.4) is 0 Å². The topological polar surface area (TPSA) is 76.8 Å². The number of rotatable bonds is 9. The lowest BCUT2D eigenvalue weighted by Crippen LogP contribution is -2.31. The van der Waals surface area contributed by atoms with Crippen molar-refractivity contribution in [3.8, 4) is 11.5 Å². The van der Waals surface area contributed by atoms with Gasteiger partial charge in [0.25, 0.3) is 0 Å². The Hall–Kier alpha value is -1.79. The molecule has 6 heteroatoms. The van der Waals surface area contributed by atoms with Crippen molar-refractivity contribution in [1.29, 1.82) is 0 Å². The maximum absolute atomic E-state index is 12.1. The van der Waals surface area contributed by atoms with Gasteiger partial charge in [-0.25, -0.2) is 0 Å². The molecule has 1 aliphatic carbocycles. The van der Waals surface area contributed by atoms with Gasteiger partial charge in [-0.2, -0.15) is 0 Å². The first-order valence-electron chi connectivity index (χ1n) is 8.96. The van der Waals surface area contributed by atoms with Gasteiger partial charge in [-0.05, 0) is 50.6 Å². The van der Waals surface area contributed by atoms with Crippen molar-refractivity contribution in [2.75, 3.05) is 34.4 Å². The van der Waals surface area contributed by atoms with Gasteiger partial charge >= 0.3 is 0 Å². The number of ether oxygens (including phenoxy) is 2. The Morgan fingerprint density at radius 3 is 2.76 bits per heavy atom. The molecule has 3 N–H and O–H groups in total. The average Bonchev–Trinajstić information content (AvgIpc) is 2.98. The van der Waals surface area contributed by atoms with Crippen molar-refractivity contribution < 1.29 is 14.3 Å². The van der Waals surface area contributed by atoms with Crippen molar-refractivity contribution in [3.05, 3.63) is 23.8 Å². The van der Waals surface area contributed by atoms with Crippen LogP contribution >= 0.6 is 0 Å². The molecule has 2 atom stereocenters. The monoisotopic (exact) mass is 349 g/mol. The highest BCUT2D eigenvalue weighted by molar-refractivity contribution is 5.76. The molecule has 1 amide bonds. The van der Waals surface area contributed by atoms with E-state index in [2.05, 4.69) is 10.2 Å². The van der Waals surface area contributed by atoms with Crippen LogP contribution in [-0.4, -0.2) is 51.2 Å². The van der Waals surface area contributed by atoms with Crippen molar-refractivity contribution >= 4 is 5.91 Å². The second-order valence-electron chi connectivity index (χ2n) is 6.97. The third-order valence-corrected chi connectivity index (χ3v) is 4.68. The van der Waals surface area contributed by atoms with E-state index < -0.39 is 0 Å². The number of carbonyl (C=O) groups excluding carboxylic acids is 1. The number of hydrogen-bond acceptors (Lipinski definition) is 5. The molecular weight excluding hydrogens is 318 g/mol. The van der Waals surface area contributed by atoms with Crippen LogP contribution in [0, 0.1) is 5.92 Å². The zero-order valence-corrected chi connectivity index (χ0v) is 15.6. The number of amides is 1. The SMILES string of the molecule is COc1cc(CNC(=O)C[C@@H]2CCC[C@H]2N)ccc1OCCN(C)C. The van der Waals surface area contributed by atoms with Gasteiger partial charge < -0.3 is 25.4 Å². The van der Waals surface area contributed by atoms with E-state index in [-0.39, 0.29) is 11.9 Å². The minimum Gasteiger partial charge on any atom is -0.493 e. The van der Waals surface area contributed by atoms with Crippen LogP contribution in [0.4, 0.5) is 0 Å². The summed E-state index contributed by atoms with van der Waals surface area (Å²) in [6.07, 6.45) is 3.74. The molecule has 1 fully saturated rings. The molecule has 0 spiro atoms. The Balaban J connectivity index is 1.84. The van der Waals surface area contributed by atoms with Crippen LogP contribution in [0.25, 0.3) is 0 Å². The van der Waals surface area contributed by atoms with Crippen molar-refractivity contribution in [2.24, 2.45) is 11.7 Å². The second kappa shape index (κ2) is 9.63. The van der Waals surface area contributed by atoms with Gasteiger partial charge in [0.15, 0.2) is 11.5 Å². The summed E-state index contributed by atoms with van der Waals surface area (Å²) in [5.74, 6) is 1.79. The van der Waals surface area contributed by atoms with E-state index in [9.17, 15) is 4.79 Å². The maximum Gasteiger partial charge on any atom is 0.220 e. The third kappa shape index (κ3) is 6.21. The minimum atomic E-state index is 0.0626. The first-order valence-corrected chi connectivity index (χ1v) is 8.96. The minimum absolute atomic E-state index is 0.0626. The predicted molar refractivity (Wildman–Crippen MR) is 98.8 cm³/mol. The zero-order chi connectivity index (χ0) is 18.2. The molecule has 1 saturated carbocycles. The zero-order valence-electron chi connectivity index (χ0n) is 15.6. The number of hydrogen-bond donors (Lipinski definition) is 2. The lowest BCUT2D eigenvalue weighted by molar-refractivity contribution is -0.122. The summed E-state index contributed by atoms with van der Waals surface area (Å²) in [7, 11) is 5.63. The summed E-state index contributed by atoms with van der Waals surface area (Å²) in [6.45, 7) is 1.92. The fraction of sp³-hybridized carbons (Fsp3) is 0.632. The molecule has 0 radical (unpaired) electrons. The van der Waals surface area contributed by atoms with Gasteiger partial charge in [0.2, 0.25) is 5.91 Å². The Labute approximate surface area is 150 Å². The molecule has 0 aliphatic heterocycles. The number of carbonyl (C=O) groups is 1. The van der Waals surface area contributed by atoms with E-state index in [1.165, 1.54) is 0 Å². The van der Waals surface area contributed by atoms with Crippen LogP contribution in [0.1, 0.15) is 31.2 Å². The van der Waals surface area contributed by atoms with Gasteiger partial charge in [0.1, 0.15) is 6.61 Å². The van der Waals surface area contributed by atoms with E-state index in [1.807, 2.05) is 32.3 Å². The number of nitrogens with zero attached hydrogens (tertiary/aromatic N) is 1. The predicted octanol–water partition coefficient (Wildman–Crippen LogP) is 1.77. The van der Waals surface area contributed by atoms with Crippen molar-refractivity contribution in [2.45, 2.75) is 38.3 Å². The van der Waals surface area contributed by atoms with E-state index >= 15 is 0 Å². The molecule has 25 heavy (non-hydrogen) atoms. The van der Waals surface area contributed by atoms with Crippen molar-refractivity contribution in [1.82, 2.24) is 10.2 Å². The van der Waals surface area contributed by atoms with Crippen LogP contribution < -0.4 is 20.5 Å². The summed E-state index contributed by atoms with van der Waals surface area (Å²) in [4.78, 5) is 14.2. The molecule has 140 valence electrons. The summed E-state index contributed by atoms with van der Waals surface area (Å²) in [5, 5.41) is 2.98. The fourth-order valence-electron chi connectivity index (χ4n) is 3.11. The highest BCUT2D eigenvalue weighted by Crippen LogP contribution is 2.28. The summed E-state index contributed by atoms with van der Waals surface area (Å²) in [5.41, 5.74) is 7.02. The number of methoxy groups -OCH3 is 1. The summed E-state index contributed by atoms with van der Waals surface area (Å²) < 4.78 is 11.2. The van der Waals surface area contributed by atoms with E-state index in [1.54, 1.807) is 7.11 Å². The Morgan fingerprint density at radius 1 is 1.32 bits per heavy atom. The van der Waals surface area contributed by atoms with Crippen LogP contribution in [0.15, 0.2) is 18.2 Å². The average molecular weight is 349 g/mol.